The summed E-state index contributed by atoms with van der Waals surface area (Å²) in [6.45, 7) is 6.85. The fraction of sp³-hybridized carbons (Fsp3) is 0.469. The average Bonchev–Trinajstić information content (AvgIpc) is 3.42. The summed E-state index contributed by atoms with van der Waals surface area (Å²) in [5.41, 5.74) is 4.11. The number of nitrogens with zero attached hydrogens (tertiary/aromatic N) is 4. The van der Waals surface area contributed by atoms with Crippen LogP contribution in [0.4, 0.5) is 17.6 Å². The van der Waals surface area contributed by atoms with Crippen LogP contribution in [0.25, 0.3) is 0 Å². The fourth-order valence-corrected chi connectivity index (χ4v) is 6.98. The van der Waals surface area contributed by atoms with E-state index in [1.54, 1.807) is 0 Å². The molecule has 1 aromatic heterocycles. The Bertz CT molecular complexity index is 1310. The predicted molar refractivity (Wildman–Crippen MR) is 169 cm³/mol. The van der Waals surface area contributed by atoms with Gasteiger partial charge in [0.05, 0.1) is 0 Å². The van der Waals surface area contributed by atoms with Crippen LogP contribution in [0.1, 0.15) is 68.6 Å². The van der Waals surface area contributed by atoms with Gasteiger partial charge < -0.3 is 20.4 Å². The molecule has 0 bridgehead atoms. The van der Waals surface area contributed by atoms with Gasteiger partial charge in [0.25, 0.3) is 0 Å². The number of nitrogens with one attached hydrogen (secondary N) is 2. The second-order valence-corrected chi connectivity index (χ2v) is 12.7. The summed E-state index contributed by atoms with van der Waals surface area (Å²) in [5, 5.41) is 8.25. The van der Waals surface area contributed by atoms with Crippen molar-refractivity contribution in [3.63, 3.8) is 0 Å². The van der Waals surface area contributed by atoms with Gasteiger partial charge in [-0.25, -0.2) is 0 Å². The molecule has 2 aliphatic heterocycles. The van der Waals surface area contributed by atoms with E-state index in [1.807, 2.05) is 12.1 Å². The normalized spacial score (nSPS) is 20.2. The van der Waals surface area contributed by atoms with Gasteiger partial charge in [0.15, 0.2) is 5.11 Å². The Labute approximate surface area is 248 Å². The standard InChI is InChI=1S/C32H39ClN6S/c1-23-8-7-17-38(19-23)28-18-29(39-20-24-9-3-4-10-25(24)21-39)36-30(35-28)37-31(40)34-22-32(15-5-2-6-16-32)26-11-13-27(33)14-12-26/h3-4,9-14,18,23H,2,5-8,15-17,19-22H2,1H3,(H2,34,35,36,37,40)/t23-/m1/s1. The minimum Gasteiger partial charge on any atom is -0.361 e. The molecular weight excluding hydrogens is 536 g/mol. The van der Waals surface area contributed by atoms with Crippen LogP contribution in [0.2, 0.25) is 5.02 Å². The number of hydrogen-bond donors (Lipinski definition) is 2. The zero-order valence-electron chi connectivity index (χ0n) is 23.3. The van der Waals surface area contributed by atoms with Crippen molar-refractivity contribution in [3.8, 4) is 0 Å². The van der Waals surface area contributed by atoms with Crippen LogP contribution in [-0.2, 0) is 18.5 Å². The third-order valence-electron chi connectivity index (χ3n) is 8.92. The SMILES string of the molecule is C[C@@H]1CCCN(c2cc(N3Cc4ccccc4C3)nc(NC(=S)NCC3(c4ccc(Cl)cc4)CCCCC3)n2)C1. The van der Waals surface area contributed by atoms with E-state index in [9.17, 15) is 0 Å². The van der Waals surface area contributed by atoms with E-state index in [4.69, 9.17) is 33.8 Å². The molecule has 2 fully saturated rings. The topological polar surface area (TPSA) is 56.3 Å². The van der Waals surface area contributed by atoms with Crippen molar-refractivity contribution in [2.75, 3.05) is 34.8 Å². The molecular formula is C32H39ClN6S. The number of fused-ring (bicyclic) bond motifs is 1. The molecule has 6 rings (SSSR count). The largest absolute Gasteiger partial charge is 0.361 e. The van der Waals surface area contributed by atoms with Crippen LogP contribution >= 0.6 is 23.8 Å². The molecule has 3 aromatic rings. The van der Waals surface area contributed by atoms with Gasteiger partial charge in [-0.1, -0.05) is 74.2 Å². The lowest BCUT2D eigenvalue weighted by Gasteiger charge is -2.38. The molecule has 0 unspecified atom stereocenters. The van der Waals surface area contributed by atoms with Crippen molar-refractivity contribution in [3.05, 3.63) is 76.3 Å². The zero-order chi connectivity index (χ0) is 27.5. The number of halogens is 1. The molecule has 0 spiro atoms. The van der Waals surface area contributed by atoms with E-state index in [2.05, 4.69) is 69.8 Å². The van der Waals surface area contributed by atoms with E-state index >= 15 is 0 Å². The summed E-state index contributed by atoms with van der Waals surface area (Å²) in [7, 11) is 0. The number of piperidine rings is 1. The van der Waals surface area contributed by atoms with E-state index < -0.39 is 0 Å². The van der Waals surface area contributed by atoms with Crippen molar-refractivity contribution in [1.82, 2.24) is 15.3 Å². The maximum absolute atomic E-state index is 6.21. The highest BCUT2D eigenvalue weighted by molar-refractivity contribution is 7.80. The summed E-state index contributed by atoms with van der Waals surface area (Å²) < 4.78 is 0. The number of anilines is 3. The van der Waals surface area contributed by atoms with Gasteiger partial charge in [0, 0.05) is 49.2 Å². The highest BCUT2D eigenvalue weighted by atomic mass is 35.5. The van der Waals surface area contributed by atoms with Gasteiger partial charge in [-0.2, -0.15) is 9.97 Å². The molecule has 1 saturated carbocycles. The summed E-state index contributed by atoms with van der Waals surface area (Å²) >= 11 is 12.0. The maximum atomic E-state index is 6.21. The molecule has 210 valence electrons. The molecule has 1 saturated heterocycles. The first kappa shape index (κ1) is 27.3. The first-order valence-corrected chi connectivity index (χ1v) is 15.5. The summed E-state index contributed by atoms with van der Waals surface area (Å²) in [6, 6.07) is 19.2. The van der Waals surface area contributed by atoms with Crippen LogP contribution in [0.5, 0.6) is 0 Å². The molecule has 2 N–H and O–H groups in total. The number of aromatic nitrogens is 2. The Kier molecular flexibility index (Phi) is 8.12. The molecule has 1 aliphatic carbocycles. The molecule has 0 amide bonds. The molecule has 8 heteroatoms. The number of hydrogen-bond acceptors (Lipinski definition) is 5. The van der Waals surface area contributed by atoms with Gasteiger partial charge in [-0.05, 0) is 72.6 Å². The van der Waals surface area contributed by atoms with Gasteiger partial charge >= 0.3 is 0 Å². The van der Waals surface area contributed by atoms with Gasteiger partial charge in [0.2, 0.25) is 5.95 Å². The molecule has 3 aliphatic rings. The summed E-state index contributed by atoms with van der Waals surface area (Å²) in [6.07, 6.45) is 8.48. The van der Waals surface area contributed by atoms with Gasteiger partial charge in [-0.3, -0.25) is 0 Å². The molecule has 2 aromatic carbocycles. The van der Waals surface area contributed by atoms with E-state index in [-0.39, 0.29) is 5.41 Å². The number of thiocarbonyl (C=S) groups is 1. The minimum atomic E-state index is 0.0493. The molecule has 40 heavy (non-hydrogen) atoms. The van der Waals surface area contributed by atoms with Crippen molar-refractivity contribution >= 4 is 46.5 Å². The smallest absolute Gasteiger partial charge is 0.232 e. The first-order valence-electron chi connectivity index (χ1n) is 14.7. The lowest BCUT2D eigenvalue weighted by molar-refractivity contribution is 0.292. The minimum absolute atomic E-state index is 0.0493. The monoisotopic (exact) mass is 574 g/mol. The Morgan fingerprint density at radius 1 is 0.950 bits per heavy atom. The Hall–Kier alpha value is -2.90. The van der Waals surface area contributed by atoms with E-state index in [0.29, 0.717) is 17.0 Å². The molecule has 1 atom stereocenters. The van der Waals surface area contributed by atoms with Crippen LogP contribution in [0, 0.1) is 5.92 Å². The Balaban J connectivity index is 1.21. The Morgan fingerprint density at radius 2 is 1.62 bits per heavy atom. The second-order valence-electron chi connectivity index (χ2n) is 11.9. The first-order chi connectivity index (χ1) is 19.5. The third kappa shape index (κ3) is 6.06. The van der Waals surface area contributed by atoms with Crippen LogP contribution in [-0.4, -0.2) is 34.7 Å². The summed E-state index contributed by atoms with van der Waals surface area (Å²) in [5.74, 6) is 3.13. The molecule has 3 heterocycles. The lowest BCUT2D eigenvalue weighted by Crippen LogP contribution is -2.43. The number of benzene rings is 2. The van der Waals surface area contributed by atoms with Gasteiger partial charge in [0.1, 0.15) is 11.6 Å². The van der Waals surface area contributed by atoms with Crippen LogP contribution in [0.3, 0.4) is 0 Å². The summed E-state index contributed by atoms with van der Waals surface area (Å²) in [4.78, 5) is 14.7. The third-order valence-corrected chi connectivity index (χ3v) is 9.42. The lowest BCUT2D eigenvalue weighted by atomic mass is 9.69. The predicted octanol–water partition coefficient (Wildman–Crippen LogP) is 7.08. The maximum Gasteiger partial charge on any atom is 0.232 e. The van der Waals surface area contributed by atoms with Crippen molar-refractivity contribution < 1.29 is 0 Å². The van der Waals surface area contributed by atoms with E-state index in [0.717, 1.165) is 62.2 Å². The fourth-order valence-electron chi connectivity index (χ4n) is 6.69. The zero-order valence-corrected chi connectivity index (χ0v) is 24.9. The van der Waals surface area contributed by atoms with Crippen molar-refractivity contribution in [2.24, 2.45) is 5.92 Å². The highest BCUT2D eigenvalue weighted by Gasteiger charge is 2.34. The quantitative estimate of drug-likeness (QED) is 0.305. The van der Waals surface area contributed by atoms with E-state index in [1.165, 1.54) is 48.8 Å². The highest BCUT2D eigenvalue weighted by Crippen LogP contribution is 2.39. The average molecular weight is 575 g/mol. The Morgan fingerprint density at radius 3 is 2.30 bits per heavy atom. The van der Waals surface area contributed by atoms with Crippen molar-refractivity contribution in [2.45, 2.75) is 70.4 Å². The van der Waals surface area contributed by atoms with Crippen molar-refractivity contribution in [1.29, 1.82) is 0 Å². The van der Waals surface area contributed by atoms with Crippen LogP contribution < -0.4 is 20.4 Å². The van der Waals surface area contributed by atoms with Gasteiger partial charge in [-0.15, -0.1) is 0 Å². The molecule has 0 radical (unpaired) electrons. The second kappa shape index (κ2) is 11.9. The molecule has 6 nitrogen and oxygen atoms in total. The number of rotatable bonds is 6. The van der Waals surface area contributed by atoms with Crippen LogP contribution in [0.15, 0.2) is 54.6 Å².